The van der Waals surface area contributed by atoms with Crippen molar-refractivity contribution in [3.8, 4) is 5.75 Å². The first-order valence-electron chi connectivity index (χ1n) is 9.54. The number of hydrogen-bond acceptors (Lipinski definition) is 4. The number of carbonyl (C=O) groups is 2. The van der Waals surface area contributed by atoms with Crippen LogP contribution in [0.15, 0.2) is 71.7 Å². The number of nitrogens with zero attached hydrogens (tertiary/aromatic N) is 1. The fraction of sp³-hybridized carbons (Fsp3) is 0.174. The van der Waals surface area contributed by atoms with Crippen LogP contribution in [0.1, 0.15) is 21.5 Å². The Kier molecular flexibility index (Phi) is 6.64. The maximum Gasteiger partial charge on any atom is 0.251 e. The Morgan fingerprint density at radius 1 is 0.967 bits per heavy atom. The van der Waals surface area contributed by atoms with Crippen LogP contribution in [-0.2, 0) is 17.8 Å². The van der Waals surface area contributed by atoms with Gasteiger partial charge in [0.1, 0.15) is 12.3 Å². The molecule has 30 heavy (non-hydrogen) atoms. The Labute approximate surface area is 174 Å². The number of aromatic nitrogens is 1. The number of aromatic hydroxyl groups is 1. The van der Waals surface area contributed by atoms with Crippen molar-refractivity contribution in [1.82, 2.24) is 9.88 Å². The van der Waals surface area contributed by atoms with Gasteiger partial charge < -0.3 is 20.3 Å². The lowest BCUT2D eigenvalue weighted by atomic mass is 10.1. The van der Waals surface area contributed by atoms with Crippen molar-refractivity contribution in [3.05, 3.63) is 93.9 Å². The number of rotatable bonds is 7. The molecule has 3 aromatic rings. The number of carbonyl (C=O) groups excluding carboxylic acids is 2. The smallest absolute Gasteiger partial charge is 0.251 e. The van der Waals surface area contributed by atoms with Gasteiger partial charge in [0.15, 0.2) is 0 Å². The van der Waals surface area contributed by atoms with Gasteiger partial charge in [-0.1, -0.05) is 18.2 Å². The third-order valence-corrected chi connectivity index (χ3v) is 4.51. The van der Waals surface area contributed by atoms with Gasteiger partial charge in [0.05, 0.1) is 0 Å². The molecule has 2 aromatic carbocycles. The largest absolute Gasteiger partial charge is 0.508 e. The van der Waals surface area contributed by atoms with Crippen molar-refractivity contribution in [2.75, 3.05) is 11.9 Å². The number of pyridine rings is 1. The van der Waals surface area contributed by atoms with Crippen LogP contribution in [0, 0.1) is 6.92 Å². The number of anilines is 1. The second-order valence-electron chi connectivity index (χ2n) is 6.97. The van der Waals surface area contributed by atoms with Crippen LogP contribution in [0.5, 0.6) is 5.75 Å². The predicted octanol–water partition coefficient (Wildman–Crippen LogP) is 2.47. The zero-order valence-corrected chi connectivity index (χ0v) is 16.6. The van der Waals surface area contributed by atoms with E-state index in [0.29, 0.717) is 24.2 Å². The first kappa shape index (κ1) is 20.9. The van der Waals surface area contributed by atoms with Crippen molar-refractivity contribution in [2.24, 2.45) is 0 Å². The van der Waals surface area contributed by atoms with Crippen molar-refractivity contribution in [3.63, 3.8) is 0 Å². The standard InChI is InChI=1S/C23H23N3O4/c1-16-2-11-22(29)26(14-16)15-21(28)25-19-7-5-18(6-8-19)23(30)24-13-12-17-3-9-20(27)10-4-17/h2-11,14,27H,12-13,15H2,1H3,(H,24,30)(H,25,28). The monoisotopic (exact) mass is 405 g/mol. The minimum Gasteiger partial charge on any atom is -0.508 e. The second kappa shape index (κ2) is 9.56. The highest BCUT2D eigenvalue weighted by molar-refractivity contribution is 5.95. The molecule has 7 nitrogen and oxygen atoms in total. The van der Waals surface area contributed by atoms with E-state index in [9.17, 15) is 19.5 Å². The number of nitrogens with one attached hydrogen (secondary N) is 2. The van der Waals surface area contributed by atoms with E-state index in [0.717, 1.165) is 11.1 Å². The number of aryl methyl sites for hydroxylation is 1. The summed E-state index contributed by atoms with van der Waals surface area (Å²) in [4.78, 5) is 36.3. The molecule has 0 bridgehead atoms. The van der Waals surface area contributed by atoms with E-state index >= 15 is 0 Å². The maximum absolute atomic E-state index is 12.3. The summed E-state index contributed by atoms with van der Waals surface area (Å²) in [7, 11) is 0. The Balaban J connectivity index is 1.50. The fourth-order valence-electron chi connectivity index (χ4n) is 2.92. The van der Waals surface area contributed by atoms with Gasteiger partial charge >= 0.3 is 0 Å². The van der Waals surface area contributed by atoms with E-state index < -0.39 is 0 Å². The van der Waals surface area contributed by atoms with Gasteiger partial charge in [0.25, 0.3) is 11.5 Å². The molecule has 0 radical (unpaired) electrons. The van der Waals surface area contributed by atoms with E-state index in [4.69, 9.17) is 0 Å². The highest BCUT2D eigenvalue weighted by atomic mass is 16.3. The summed E-state index contributed by atoms with van der Waals surface area (Å²) in [6.07, 6.45) is 2.28. The zero-order chi connectivity index (χ0) is 21.5. The summed E-state index contributed by atoms with van der Waals surface area (Å²) in [5.74, 6) is -0.326. The topological polar surface area (TPSA) is 100 Å². The van der Waals surface area contributed by atoms with Crippen molar-refractivity contribution >= 4 is 17.5 Å². The summed E-state index contributed by atoms with van der Waals surface area (Å²) in [5.41, 5.74) is 2.69. The van der Waals surface area contributed by atoms with Crippen LogP contribution in [0.4, 0.5) is 5.69 Å². The lowest BCUT2D eigenvalue weighted by Gasteiger charge is -2.09. The molecule has 0 unspecified atom stereocenters. The molecule has 2 amide bonds. The van der Waals surface area contributed by atoms with Crippen LogP contribution < -0.4 is 16.2 Å². The molecule has 0 saturated carbocycles. The molecule has 7 heteroatoms. The van der Waals surface area contributed by atoms with E-state index in [1.54, 1.807) is 48.7 Å². The van der Waals surface area contributed by atoms with Gasteiger partial charge in [-0.3, -0.25) is 14.4 Å². The first-order chi connectivity index (χ1) is 14.4. The molecule has 1 aromatic heterocycles. The minimum atomic E-state index is -0.325. The molecule has 0 aliphatic heterocycles. The third-order valence-electron chi connectivity index (χ3n) is 4.51. The Bertz CT molecular complexity index is 1090. The van der Waals surface area contributed by atoms with Crippen LogP contribution in [0.3, 0.4) is 0 Å². The molecule has 3 N–H and O–H groups in total. The van der Waals surface area contributed by atoms with Gasteiger partial charge in [0, 0.05) is 30.1 Å². The van der Waals surface area contributed by atoms with E-state index in [2.05, 4.69) is 10.6 Å². The third kappa shape index (κ3) is 5.81. The lowest BCUT2D eigenvalue weighted by molar-refractivity contribution is -0.116. The molecule has 3 rings (SSSR count). The summed E-state index contributed by atoms with van der Waals surface area (Å²) in [6, 6.07) is 16.5. The Morgan fingerprint density at radius 2 is 1.67 bits per heavy atom. The minimum absolute atomic E-state index is 0.0833. The number of amides is 2. The van der Waals surface area contributed by atoms with Crippen molar-refractivity contribution in [2.45, 2.75) is 19.9 Å². The Morgan fingerprint density at radius 3 is 2.37 bits per heavy atom. The molecule has 0 atom stereocenters. The SMILES string of the molecule is Cc1ccc(=O)n(CC(=O)Nc2ccc(C(=O)NCCc3ccc(O)cc3)cc2)c1. The number of phenols is 1. The van der Waals surface area contributed by atoms with E-state index in [1.807, 2.05) is 19.1 Å². The van der Waals surface area contributed by atoms with E-state index in [1.165, 1.54) is 10.6 Å². The van der Waals surface area contributed by atoms with Gasteiger partial charge in [-0.2, -0.15) is 0 Å². The summed E-state index contributed by atoms with van der Waals surface area (Å²) in [6.45, 7) is 2.23. The molecule has 0 spiro atoms. The fourth-order valence-corrected chi connectivity index (χ4v) is 2.92. The number of hydrogen-bond donors (Lipinski definition) is 3. The molecule has 1 heterocycles. The zero-order valence-electron chi connectivity index (χ0n) is 16.6. The molecule has 0 saturated heterocycles. The molecule has 0 aliphatic rings. The summed E-state index contributed by atoms with van der Waals surface area (Å²) < 4.78 is 1.35. The van der Waals surface area contributed by atoms with E-state index in [-0.39, 0.29) is 29.7 Å². The normalized spacial score (nSPS) is 10.4. The molecular formula is C23H23N3O4. The molecule has 154 valence electrons. The van der Waals surface area contributed by atoms with Crippen LogP contribution in [0.2, 0.25) is 0 Å². The van der Waals surface area contributed by atoms with Crippen molar-refractivity contribution in [1.29, 1.82) is 0 Å². The number of phenolic OH excluding ortho intramolecular Hbond substituents is 1. The van der Waals surface area contributed by atoms with Crippen molar-refractivity contribution < 1.29 is 14.7 Å². The molecular weight excluding hydrogens is 382 g/mol. The highest BCUT2D eigenvalue weighted by Crippen LogP contribution is 2.11. The maximum atomic E-state index is 12.3. The molecule has 0 fully saturated rings. The average Bonchev–Trinajstić information content (AvgIpc) is 2.72. The first-order valence-corrected chi connectivity index (χ1v) is 9.54. The van der Waals surface area contributed by atoms with Crippen LogP contribution >= 0.6 is 0 Å². The summed E-state index contributed by atoms with van der Waals surface area (Å²) >= 11 is 0. The Hall–Kier alpha value is -3.87. The van der Waals surface area contributed by atoms with Gasteiger partial charge in [-0.15, -0.1) is 0 Å². The highest BCUT2D eigenvalue weighted by Gasteiger charge is 2.08. The van der Waals surface area contributed by atoms with Gasteiger partial charge in [0.2, 0.25) is 5.91 Å². The summed E-state index contributed by atoms with van der Waals surface area (Å²) in [5, 5.41) is 14.8. The van der Waals surface area contributed by atoms with Gasteiger partial charge in [-0.05, 0) is 60.9 Å². The molecule has 0 aliphatic carbocycles. The predicted molar refractivity (Wildman–Crippen MR) is 115 cm³/mol. The van der Waals surface area contributed by atoms with Crippen LogP contribution in [0.25, 0.3) is 0 Å². The van der Waals surface area contributed by atoms with Crippen LogP contribution in [-0.4, -0.2) is 28.0 Å². The second-order valence-corrected chi connectivity index (χ2v) is 6.97. The average molecular weight is 405 g/mol. The number of benzene rings is 2. The quantitative estimate of drug-likeness (QED) is 0.562. The van der Waals surface area contributed by atoms with Gasteiger partial charge in [-0.25, -0.2) is 0 Å². The lowest BCUT2D eigenvalue weighted by Crippen LogP contribution is -2.27.